The van der Waals surface area contributed by atoms with Crippen molar-refractivity contribution in [3.8, 4) is 0 Å². The van der Waals surface area contributed by atoms with Crippen molar-refractivity contribution in [2.45, 2.75) is 51.9 Å². The molecule has 0 atom stereocenters. The first-order valence-corrected chi connectivity index (χ1v) is 7.52. The van der Waals surface area contributed by atoms with E-state index >= 15 is 0 Å². The molecule has 0 radical (unpaired) electrons. The summed E-state index contributed by atoms with van der Waals surface area (Å²) in [5, 5.41) is 8.37. The maximum absolute atomic E-state index is 10.2. The summed E-state index contributed by atoms with van der Waals surface area (Å²) < 4.78 is 4.96. The Morgan fingerprint density at radius 1 is 0.950 bits per heavy atom. The van der Waals surface area contributed by atoms with E-state index in [0.717, 1.165) is 44.9 Å². The van der Waals surface area contributed by atoms with Crippen LogP contribution in [-0.2, 0) is 9.53 Å². The first kappa shape index (κ1) is 18.7. The second-order valence-corrected chi connectivity index (χ2v) is 4.59. The number of allylic oxidation sites excluding steroid dienone is 6. The van der Waals surface area contributed by atoms with Gasteiger partial charge in [0.05, 0.1) is 0 Å². The van der Waals surface area contributed by atoms with E-state index in [1.54, 1.807) is 0 Å². The van der Waals surface area contributed by atoms with E-state index in [1.165, 1.54) is 0 Å². The van der Waals surface area contributed by atoms with Crippen molar-refractivity contribution in [3.63, 3.8) is 0 Å². The summed E-state index contributed by atoms with van der Waals surface area (Å²) in [6.07, 6.45) is 20.5. The number of ether oxygens (including phenoxy) is 1. The lowest BCUT2D eigenvalue weighted by atomic mass is 10.2. The summed E-state index contributed by atoms with van der Waals surface area (Å²) in [7, 11) is 0. The summed E-state index contributed by atoms with van der Waals surface area (Å²) in [5.74, 6) is -0.897. The fourth-order valence-electron chi connectivity index (χ4n) is 1.63. The van der Waals surface area contributed by atoms with Crippen LogP contribution < -0.4 is 0 Å². The van der Waals surface area contributed by atoms with Gasteiger partial charge in [0, 0.05) is 6.61 Å². The molecule has 0 aromatic carbocycles. The maximum atomic E-state index is 10.2. The highest BCUT2D eigenvalue weighted by Crippen LogP contribution is 2.02. The van der Waals surface area contributed by atoms with Gasteiger partial charge in [0.1, 0.15) is 6.61 Å². The monoisotopic (exact) mass is 280 g/mol. The van der Waals surface area contributed by atoms with Crippen LogP contribution in [0, 0.1) is 0 Å². The highest BCUT2D eigenvalue weighted by Gasteiger charge is 1.95. The highest BCUT2D eigenvalue weighted by molar-refractivity contribution is 5.67. The molecule has 0 aliphatic rings. The van der Waals surface area contributed by atoms with Crippen LogP contribution in [0.3, 0.4) is 0 Å². The van der Waals surface area contributed by atoms with Crippen LogP contribution in [0.5, 0.6) is 0 Å². The minimum absolute atomic E-state index is 0.181. The third kappa shape index (κ3) is 16.6. The number of hydrogen-bond acceptors (Lipinski definition) is 2. The maximum Gasteiger partial charge on any atom is 0.329 e. The first-order valence-electron chi connectivity index (χ1n) is 7.52. The SMILES string of the molecule is CC/C=C\C/C=C\C/C=C\CCCCCOCC(=O)O. The molecule has 0 bridgehead atoms. The lowest BCUT2D eigenvalue weighted by Crippen LogP contribution is -2.07. The second kappa shape index (κ2) is 15.7. The van der Waals surface area contributed by atoms with Gasteiger partial charge >= 0.3 is 5.97 Å². The zero-order valence-corrected chi connectivity index (χ0v) is 12.6. The number of hydrogen-bond donors (Lipinski definition) is 1. The fraction of sp³-hybridized carbons (Fsp3) is 0.588. The molecule has 0 spiro atoms. The molecule has 0 heterocycles. The summed E-state index contributed by atoms with van der Waals surface area (Å²) >= 11 is 0. The van der Waals surface area contributed by atoms with Crippen LogP contribution in [0.25, 0.3) is 0 Å². The summed E-state index contributed by atoms with van der Waals surface area (Å²) in [5.41, 5.74) is 0. The van der Waals surface area contributed by atoms with Gasteiger partial charge in [-0.25, -0.2) is 4.79 Å². The third-order valence-electron chi connectivity index (χ3n) is 2.67. The molecule has 20 heavy (non-hydrogen) atoms. The minimum Gasteiger partial charge on any atom is -0.480 e. The zero-order chi connectivity index (χ0) is 14.9. The first-order chi connectivity index (χ1) is 9.77. The second-order valence-electron chi connectivity index (χ2n) is 4.59. The Labute approximate surface area is 123 Å². The van der Waals surface area contributed by atoms with Gasteiger partial charge < -0.3 is 9.84 Å². The van der Waals surface area contributed by atoms with E-state index in [2.05, 4.69) is 43.4 Å². The summed E-state index contributed by atoms with van der Waals surface area (Å²) in [4.78, 5) is 10.2. The van der Waals surface area contributed by atoms with E-state index in [-0.39, 0.29) is 6.61 Å². The Bertz CT molecular complexity index is 303. The van der Waals surface area contributed by atoms with E-state index in [0.29, 0.717) is 6.61 Å². The molecule has 1 N–H and O–H groups in total. The van der Waals surface area contributed by atoms with Gasteiger partial charge in [-0.05, 0) is 38.5 Å². The van der Waals surface area contributed by atoms with E-state index in [4.69, 9.17) is 9.84 Å². The van der Waals surface area contributed by atoms with Crippen LogP contribution >= 0.6 is 0 Å². The van der Waals surface area contributed by atoms with Crippen LogP contribution in [0.4, 0.5) is 0 Å². The van der Waals surface area contributed by atoms with Crippen molar-refractivity contribution in [3.05, 3.63) is 36.5 Å². The van der Waals surface area contributed by atoms with Crippen molar-refractivity contribution >= 4 is 5.97 Å². The minimum atomic E-state index is -0.897. The van der Waals surface area contributed by atoms with Gasteiger partial charge in [0.15, 0.2) is 0 Å². The van der Waals surface area contributed by atoms with Crippen molar-refractivity contribution in [2.75, 3.05) is 13.2 Å². The van der Waals surface area contributed by atoms with Crippen molar-refractivity contribution in [1.29, 1.82) is 0 Å². The van der Waals surface area contributed by atoms with Gasteiger partial charge in [-0.3, -0.25) is 0 Å². The number of carboxylic acids is 1. The summed E-state index contributed by atoms with van der Waals surface area (Å²) in [6, 6.07) is 0. The Hall–Kier alpha value is -1.35. The van der Waals surface area contributed by atoms with E-state index in [1.807, 2.05) is 0 Å². The molecule has 0 aliphatic heterocycles. The predicted octanol–water partition coefficient (Wildman–Crippen LogP) is 4.51. The number of rotatable bonds is 13. The smallest absolute Gasteiger partial charge is 0.329 e. The molecule has 0 aliphatic carbocycles. The lowest BCUT2D eigenvalue weighted by molar-refractivity contribution is -0.142. The molecule has 114 valence electrons. The van der Waals surface area contributed by atoms with Crippen molar-refractivity contribution in [2.24, 2.45) is 0 Å². The number of unbranched alkanes of at least 4 members (excludes halogenated alkanes) is 3. The molecule has 0 fully saturated rings. The average molecular weight is 280 g/mol. The van der Waals surface area contributed by atoms with E-state index in [9.17, 15) is 4.79 Å². The molecule has 0 aromatic heterocycles. The quantitative estimate of drug-likeness (QED) is 0.399. The van der Waals surface area contributed by atoms with Crippen LogP contribution in [-0.4, -0.2) is 24.3 Å². The van der Waals surface area contributed by atoms with Gasteiger partial charge in [-0.1, -0.05) is 49.8 Å². The van der Waals surface area contributed by atoms with Gasteiger partial charge in [-0.2, -0.15) is 0 Å². The topological polar surface area (TPSA) is 46.5 Å². The van der Waals surface area contributed by atoms with Gasteiger partial charge in [-0.15, -0.1) is 0 Å². The number of aliphatic carboxylic acids is 1. The fourth-order valence-corrected chi connectivity index (χ4v) is 1.63. The largest absolute Gasteiger partial charge is 0.480 e. The zero-order valence-electron chi connectivity index (χ0n) is 12.6. The number of carboxylic acid groups (broad SMARTS) is 1. The lowest BCUT2D eigenvalue weighted by Gasteiger charge is -1.99. The highest BCUT2D eigenvalue weighted by atomic mass is 16.5. The average Bonchev–Trinajstić information content (AvgIpc) is 2.43. The molecule has 0 saturated heterocycles. The number of carbonyl (C=O) groups is 1. The Kier molecular flexibility index (Phi) is 14.6. The van der Waals surface area contributed by atoms with Crippen LogP contribution in [0.2, 0.25) is 0 Å². The molecule has 0 rings (SSSR count). The Balaban J connectivity index is 3.23. The predicted molar refractivity (Wildman–Crippen MR) is 83.9 cm³/mol. The van der Waals surface area contributed by atoms with Gasteiger partial charge in [0.25, 0.3) is 0 Å². The normalized spacial score (nSPS) is 12.1. The molecule has 0 aromatic rings. The molecule has 0 unspecified atom stereocenters. The third-order valence-corrected chi connectivity index (χ3v) is 2.67. The van der Waals surface area contributed by atoms with Crippen molar-refractivity contribution in [1.82, 2.24) is 0 Å². The molecule has 3 nitrogen and oxygen atoms in total. The van der Waals surface area contributed by atoms with Crippen LogP contribution in [0.1, 0.15) is 51.9 Å². The molecular weight excluding hydrogens is 252 g/mol. The summed E-state index contributed by atoms with van der Waals surface area (Å²) in [6.45, 7) is 2.50. The molecule has 3 heteroatoms. The molecular formula is C17H28O3. The standard InChI is InChI=1S/C17H28O3/c1-2-3-4-5-6-7-8-9-10-11-12-13-14-15-20-16-17(18)19/h3-4,6-7,9-10H,2,5,8,11-16H2,1H3,(H,18,19)/b4-3-,7-6-,10-9-. The molecule has 0 amide bonds. The van der Waals surface area contributed by atoms with Crippen molar-refractivity contribution < 1.29 is 14.6 Å². The van der Waals surface area contributed by atoms with Crippen LogP contribution in [0.15, 0.2) is 36.5 Å². The van der Waals surface area contributed by atoms with Gasteiger partial charge in [0.2, 0.25) is 0 Å². The van der Waals surface area contributed by atoms with E-state index < -0.39 is 5.97 Å². The molecule has 0 saturated carbocycles. The Morgan fingerprint density at radius 2 is 1.60 bits per heavy atom. The Morgan fingerprint density at radius 3 is 2.25 bits per heavy atom.